The Balaban J connectivity index is 2.75. The normalized spacial score (nSPS) is 13.6. The lowest BCUT2D eigenvalue weighted by Crippen LogP contribution is -2.43. The summed E-state index contributed by atoms with van der Waals surface area (Å²) in [5.74, 6) is -1.89. The molecule has 22 heavy (non-hydrogen) atoms. The first-order valence-electron chi connectivity index (χ1n) is 6.38. The Morgan fingerprint density at radius 3 is 2.36 bits per heavy atom. The van der Waals surface area contributed by atoms with Gasteiger partial charge in [-0.15, -0.1) is 0 Å². The van der Waals surface area contributed by atoms with Crippen LogP contribution in [0.2, 0.25) is 0 Å². The van der Waals surface area contributed by atoms with Gasteiger partial charge in [0.1, 0.15) is 5.54 Å². The molecule has 0 saturated heterocycles. The van der Waals surface area contributed by atoms with Gasteiger partial charge in [0.15, 0.2) is 0 Å². The summed E-state index contributed by atoms with van der Waals surface area (Å²) < 4.78 is 42.3. The van der Waals surface area contributed by atoms with Crippen LogP contribution in [0, 0.1) is 0 Å². The van der Waals surface area contributed by atoms with Crippen LogP contribution in [0.15, 0.2) is 24.3 Å². The summed E-state index contributed by atoms with van der Waals surface area (Å²) in [6.45, 7) is 2.71. The van der Waals surface area contributed by atoms with Crippen molar-refractivity contribution in [3.8, 4) is 0 Å². The molecule has 0 aromatic heterocycles. The van der Waals surface area contributed by atoms with E-state index in [4.69, 9.17) is 11.5 Å². The van der Waals surface area contributed by atoms with E-state index in [0.717, 1.165) is 12.1 Å². The third-order valence-electron chi connectivity index (χ3n) is 2.76. The first kappa shape index (κ1) is 18.1. The first-order valence-corrected chi connectivity index (χ1v) is 6.38. The second-order valence-corrected chi connectivity index (χ2v) is 5.42. The Labute approximate surface area is 125 Å². The number of nitrogens with two attached hydrogens (primary N) is 2. The van der Waals surface area contributed by atoms with Gasteiger partial charge in [0.05, 0.1) is 12.0 Å². The SMILES string of the molecule is CC(C)(N)C(=O)OC(=O)C[C@H](N)c1cccc(C(F)(F)F)c1. The maximum absolute atomic E-state index is 12.6. The van der Waals surface area contributed by atoms with E-state index >= 15 is 0 Å². The number of alkyl halides is 3. The van der Waals surface area contributed by atoms with Gasteiger partial charge >= 0.3 is 18.1 Å². The second-order valence-electron chi connectivity index (χ2n) is 5.42. The lowest BCUT2D eigenvalue weighted by molar-refractivity contribution is -0.163. The molecule has 0 amide bonds. The number of esters is 2. The number of ether oxygens (including phenoxy) is 1. The zero-order chi connectivity index (χ0) is 17.1. The van der Waals surface area contributed by atoms with E-state index in [1.54, 1.807) is 0 Å². The molecule has 5 nitrogen and oxygen atoms in total. The fraction of sp³-hybridized carbons (Fsp3) is 0.429. The van der Waals surface area contributed by atoms with Crippen LogP contribution in [0.4, 0.5) is 13.2 Å². The number of halogens is 3. The fourth-order valence-corrected chi connectivity index (χ4v) is 1.52. The molecule has 0 heterocycles. The van der Waals surface area contributed by atoms with Gasteiger partial charge in [0, 0.05) is 6.04 Å². The fourth-order valence-electron chi connectivity index (χ4n) is 1.52. The van der Waals surface area contributed by atoms with E-state index in [1.165, 1.54) is 26.0 Å². The van der Waals surface area contributed by atoms with Gasteiger partial charge in [-0.2, -0.15) is 13.2 Å². The van der Waals surface area contributed by atoms with Crippen molar-refractivity contribution in [1.29, 1.82) is 0 Å². The third kappa shape index (κ3) is 5.12. The van der Waals surface area contributed by atoms with Crippen LogP contribution < -0.4 is 11.5 Å². The lowest BCUT2D eigenvalue weighted by Gasteiger charge is -2.17. The number of carbonyl (C=O) groups is 2. The molecule has 8 heteroatoms. The number of hydrogen-bond acceptors (Lipinski definition) is 5. The molecule has 0 saturated carbocycles. The molecule has 4 N–H and O–H groups in total. The molecule has 0 aliphatic rings. The van der Waals surface area contributed by atoms with Crippen molar-refractivity contribution in [1.82, 2.24) is 0 Å². The molecular formula is C14H17F3N2O3. The Morgan fingerprint density at radius 2 is 1.86 bits per heavy atom. The van der Waals surface area contributed by atoms with Crippen LogP contribution in [0.5, 0.6) is 0 Å². The highest BCUT2D eigenvalue weighted by atomic mass is 19.4. The van der Waals surface area contributed by atoms with Crippen molar-refractivity contribution in [2.75, 3.05) is 0 Å². The summed E-state index contributed by atoms with van der Waals surface area (Å²) >= 11 is 0. The van der Waals surface area contributed by atoms with Gasteiger partial charge in [-0.3, -0.25) is 4.79 Å². The standard InChI is InChI=1S/C14H17F3N2O3/c1-13(2,19)12(21)22-11(20)7-10(18)8-4-3-5-9(6-8)14(15,16)17/h3-6,10H,7,18-19H2,1-2H3/t10-/m0/s1. The van der Waals surface area contributed by atoms with E-state index in [0.29, 0.717) is 0 Å². The van der Waals surface area contributed by atoms with Crippen LogP contribution in [-0.4, -0.2) is 17.5 Å². The molecule has 122 valence electrons. The molecule has 1 aromatic carbocycles. The minimum atomic E-state index is -4.50. The largest absolute Gasteiger partial charge is 0.416 e. The Bertz CT molecular complexity index is 565. The van der Waals surface area contributed by atoms with Gasteiger partial charge < -0.3 is 16.2 Å². The predicted octanol–water partition coefficient (Wildman–Crippen LogP) is 1.90. The maximum atomic E-state index is 12.6. The number of hydrogen-bond donors (Lipinski definition) is 2. The molecule has 0 aliphatic carbocycles. The molecule has 1 atom stereocenters. The molecule has 0 aliphatic heterocycles. The molecule has 0 bridgehead atoms. The molecular weight excluding hydrogens is 301 g/mol. The van der Waals surface area contributed by atoms with Crippen LogP contribution >= 0.6 is 0 Å². The minimum absolute atomic E-state index is 0.117. The predicted molar refractivity (Wildman–Crippen MR) is 72.4 cm³/mol. The van der Waals surface area contributed by atoms with Crippen LogP contribution in [-0.2, 0) is 20.5 Å². The Hall–Kier alpha value is -1.93. The second kappa shape index (κ2) is 6.45. The van der Waals surface area contributed by atoms with E-state index in [-0.39, 0.29) is 5.56 Å². The van der Waals surface area contributed by atoms with Crippen molar-refractivity contribution in [2.45, 2.75) is 38.0 Å². The molecule has 0 unspecified atom stereocenters. The van der Waals surface area contributed by atoms with Gasteiger partial charge in [-0.05, 0) is 31.5 Å². The summed E-state index contributed by atoms with van der Waals surface area (Å²) in [7, 11) is 0. The summed E-state index contributed by atoms with van der Waals surface area (Å²) in [6, 6.07) is 3.28. The average molecular weight is 318 g/mol. The molecule has 1 rings (SSSR count). The lowest BCUT2D eigenvalue weighted by atomic mass is 10.0. The molecule has 0 radical (unpaired) electrons. The minimum Gasteiger partial charge on any atom is -0.392 e. The number of carbonyl (C=O) groups excluding carboxylic acids is 2. The summed E-state index contributed by atoms with van der Waals surface area (Å²) in [4.78, 5) is 23.0. The summed E-state index contributed by atoms with van der Waals surface area (Å²) in [5, 5.41) is 0. The zero-order valence-electron chi connectivity index (χ0n) is 12.1. The quantitative estimate of drug-likeness (QED) is 0.653. The summed E-state index contributed by atoms with van der Waals surface area (Å²) in [6.07, 6.45) is -4.95. The average Bonchev–Trinajstić information content (AvgIpc) is 2.36. The highest BCUT2D eigenvalue weighted by molar-refractivity contribution is 5.90. The van der Waals surface area contributed by atoms with E-state index in [1.807, 2.05) is 0 Å². The molecule has 1 aromatic rings. The van der Waals surface area contributed by atoms with Gasteiger partial charge in [0.25, 0.3) is 0 Å². The van der Waals surface area contributed by atoms with E-state index < -0.39 is 41.7 Å². The Kier molecular flexibility index (Phi) is 5.31. The van der Waals surface area contributed by atoms with Gasteiger partial charge in [-0.25, -0.2) is 4.79 Å². The molecule has 0 spiro atoms. The van der Waals surface area contributed by atoms with Crippen molar-refractivity contribution in [3.63, 3.8) is 0 Å². The van der Waals surface area contributed by atoms with Crippen molar-refractivity contribution in [3.05, 3.63) is 35.4 Å². The highest BCUT2D eigenvalue weighted by Crippen LogP contribution is 2.30. The van der Waals surface area contributed by atoms with Crippen molar-refractivity contribution >= 4 is 11.9 Å². The van der Waals surface area contributed by atoms with Crippen LogP contribution in [0.25, 0.3) is 0 Å². The summed E-state index contributed by atoms with van der Waals surface area (Å²) in [5.41, 5.74) is 9.03. The van der Waals surface area contributed by atoms with Gasteiger partial charge in [-0.1, -0.05) is 12.1 Å². The number of benzene rings is 1. The van der Waals surface area contributed by atoms with E-state index in [9.17, 15) is 22.8 Å². The van der Waals surface area contributed by atoms with E-state index in [2.05, 4.69) is 4.74 Å². The zero-order valence-corrected chi connectivity index (χ0v) is 12.1. The highest BCUT2D eigenvalue weighted by Gasteiger charge is 2.31. The monoisotopic (exact) mass is 318 g/mol. The topological polar surface area (TPSA) is 95.4 Å². The van der Waals surface area contributed by atoms with Crippen molar-refractivity contribution in [2.24, 2.45) is 11.5 Å². The smallest absolute Gasteiger partial charge is 0.392 e. The van der Waals surface area contributed by atoms with Crippen LogP contribution in [0.1, 0.15) is 37.4 Å². The maximum Gasteiger partial charge on any atom is 0.416 e. The molecule has 0 fully saturated rings. The number of rotatable bonds is 4. The Morgan fingerprint density at radius 1 is 1.27 bits per heavy atom. The third-order valence-corrected chi connectivity index (χ3v) is 2.76. The van der Waals surface area contributed by atoms with Crippen molar-refractivity contribution < 1.29 is 27.5 Å². The van der Waals surface area contributed by atoms with Gasteiger partial charge in [0.2, 0.25) is 0 Å². The van der Waals surface area contributed by atoms with Crippen LogP contribution in [0.3, 0.4) is 0 Å². The first-order chi connectivity index (χ1) is 9.91.